The fourth-order valence-electron chi connectivity index (χ4n) is 5.02. The third-order valence-corrected chi connectivity index (χ3v) is 6.71. The normalized spacial score (nSPS) is 23.9. The Bertz CT molecular complexity index is 1080. The van der Waals surface area contributed by atoms with Gasteiger partial charge in [-0.25, -0.2) is 0 Å². The minimum atomic E-state index is -1.11. The van der Waals surface area contributed by atoms with Crippen LogP contribution in [-0.2, 0) is 15.1 Å². The lowest BCUT2D eigenvalue weighted by Gasteiger charge is -2.30. The van der Waals surface area contributed by atoms with Crippen molar-refractivity contribution in [3.05, 3.63) is 47.0 Å². The molecular formula is C25H31N3O4. The number of fused-ring (bicyclic) bond motifs is 2. The van der Waals surface area contributed by atoms with Crippen LogP contribution in [0.5, 0.6) is 11.5 Å². The maximum Gasteiger partial charge on any atom is 0.250 e. The van der Waals surface area contributed by atoms with Crippen LogP contribution in [0, 0.1) is 25.7 Å². The van der Waals surface area contributed by atoms with E-state index >= 15 is 0 Å². The molecule has 0 bridgehead atoms. The van der Waals surface area contributed by atoms with Gasteiger partial charge in [0, 0.05) is 23.4 Å². The molecule has 0 aromatic heterocycles. The smallest absolute Gasteiger partial charge is 0.250 e. The van der Waals surface area contributed by atoms with Crippen molar-refractivity contribution in [3.63, 3.8) is 0 Å². The summed E-state index contributed by atoms with van der Waals surface area (Å²) in [5.74, 6) is 0.404. The first-order valence-electron chi connectivity index (χ1n) is 10.9. The average Bonchev–Trinajstić information content (AvgIpc) is 3.29. The van der Waals surface area contributed by atoms with Gasteiger partial charge in [0.05, 0.1) is 25.8 Å². The zero-order valence-corrected chi connectivity index (χ0v) is 19.5. The third kappa shape index (κ3) is 3.41. The summed E-state index contributed by atoms with van der Waals surface area (Å²) in [6, 6.07) is 9.33. The average molecular weight is 438 g/mol. The summed E-state index contributed by atoms with van der Waals surface area (Å²) in [7, 11) is 3.12. The van der Waals surface area contributed by atoms with Gasteiger partial charge in [-0.3, -0.25) is 14.9 Å². The molecule has 7 nitrogen and oxygen atoms in total. The van der Waals surface area contributed by atoms with Crippen molar-refractivity contribution in [2.45, 2.75) is 45.7 Å². The van der Waals surface area contributed by atoms with E-state index in [2.05, 4.69) is 29.8 Å². The van der Waals surface area contributed by atoms with E-state index in [1.165, 1.54) is 0 Å². The Hall–Kier alpha value is -3.06. The van der Waals surface area contributed by atoms with E-state index in [4.69, 9.17) is 9.47 Å². The third-order valence-electron chi connectivity index (χ3n) is 6.71. The van der Waals surface area contributed by atoms with E-state index in [0.29, 0.717) is 23.6 Å². The highest BCUT2D eigenvalue weighted by molar-refractivity contribution is 6.11. The summed E-state index contributed by atoms with van der Waals surface area (Å²) in [5, 5.41) is 9.62. The second-order valence-electron chi connectivity index (χ2n) is 9.11. The van der Waals surface area contributed by atoms with E-state index in [9.17, 15) is 9.59 Å². The van der Waals surface area contributed by atoms with Crippen molar-refractivity contribution in [2.24, 2.45) is 11.8 Å². The zero-order chi connectivity index (χ0) is 23.2. The highest BCUT2D eigenvalue weighted by atomic mass is 16.5. The molecule has 3 N–H and O–H groups in total. The van der Waals surface area contributed by atoms with Crippen molar-refractivity contribution >= 4 is 23.2 Å². The van der Waals surface area contributed by atoms with Crippen molar-refractivity contribution in [2.75, 3.05) is 24.9 Å². The molecule has 2 aromatic rings. The zero-order valence-electron chi connectivity index (χ0n) is 19.5. The number of anilines is 2. The van der Waals surface area contributed by atoms with Crippen LogP contribution in [0.1, 0.15) is 37.0 Å². The minimum absolute atomic E-state index is 0.0236. The standard InChI is InChI=1S/C25H31N3O4/c1-13(2)19-12-18(23(29)26-20-11-16(31-5)7-8-21(20)32-6)25(28-19)17-10-14(3)9-15(4)22(17)27-24(25)30/h7-11,13,18-19,28H,12H2,1-6H3,(H,26,29)(H,27,30)/t18-,19-,25+/m1/s1. The van der Waals surface area contributed by atoms with Crippen molar-refractivity contribution in [1.82, 2.24) is 5.32 Å². The summed E-state index contributed by atoms with van der Waals surface area (Å²) < 4.78 is 10.7. The van der Waals surface area contributed by atoms with Crippen LogP contribution < -0.4 is 25.4 Å². The molecule has 4 rings (SSSR count). The number of nitrogens with one attached hydrogen (secondary N) is 3. The first-order chi connectivity index (χ1) is 15.2. The Labute approximate surface area is 188 Å². The van der Waals surface area contributed by atoms with Crippen LogP contribution in [0.4, 0.5) is 11.4 Å². The fraction of sp³-hybridized carbons (Fsp3) is 0.440. The Balaban J connectivity index is 1.78. The SMILES string of the molecule is COc1ccc(OC)c(NC(=O)[C@H]2C[C@H](C(C)C)N[C@]23C(=O)Nc2c(C)cc(C)cc23)c1. The van der Waals surface area contributed by atoms with Crippen LogP contribution in [0.2, 0.25) is 0 Å². The van der Waals surface area contributed by atoms with Crippen LogP contribution in [0.3, 0.4) is 0 Å². The summed E-state index contributed by atoms with van der Waals surface area (Å²) in [4.78, 5) is 27.2. The monoisotopic (exact) mass is 437 g/mol. The van der Waals surface area contributed by atoms with Crippen LogP contribution in [0.15, 0.2) is 30.3 Å². The van der Waals surface area contributed by atoms with Gasteiger partial charge < -0.3 is 20.1 Å². The number of carbonyl (C=O) groups excluding carboxylic acids is 2. The van der Waals surface area contributed by atoms with Gasteiger partial charge in [0.15, 0.2) is 0 Å². The fourth-order valence-corrected chi connectivity index (χ4v) is 5.02. The second-order valence-corrected chi connectivity index (χ2v) is 9.11. The van der Waals surface area contributed by atoms with Gasteiger partial charge in [0.25, 0.3) is 0 Å². The van der Waals surface area contributed by atoms with Gasteiger partial charge in [-0.1, -0.05) is 31.5 Å². The molecule has 3 atom stereocenters. The maximum atomic E-state index is 13.7. The van der Waals surface area contributed by atoms with Gasteiger partial charge in [-0.2, -0.15) is 0 Å². The lowest BCUT2D eigenvalue weighted by atomic mass is 9.78. The molecule has 2 aliphatic rings. The first-order valence-corrected chi connectivity index (χ1v) is 10.9. The summed E-state index contributed by atoms with van der Waals surface area (Å²) in [6.45, 7) is 8.20. The predicted molar refractivity (Wildman–Crippen MR) is 124 cm³/mol. The molecule has 7 heteroatoms. The molecule has 32 heavy (non-hydrogen) atoms. The number of amides is 2. The van der Waals surface area contributed by atoms with E-state index in [1.54, 1.807) is 32.4 Å². The molecule has 1 fully saturated rings. The van der Waals surface area contributed by atoms with E-state index < -0.39 is 11.5 Å². The van der Waals surface area contributed by atoms with Gasteiger partial charge in [0.1, 0.15) is 17.0 Å². The Morgan fingerprint density at radius 3 is 2.56 bits per heavy atom. The molecule has 0 aliphatic carbocycles. The molecule has 2 heterocycles. The molecular weight excluding hydrogens is 406 g/mol. The number of hydrogen-bond donors (Lipinski definition) is 3. The van der Waals surface area contributed by atoms with E-state index in [-0.39, 0.29) is 23.8 Å². The number of rotatable bonds is 5. The lowest BCUT2D eigenvalue weighted by Crippen LogP contribution is -2.52. The summed E-state index contributed by atoms with van der Waals surface area (Å²) in [5.41, 5.74) is 3.10. The lowest BCUT2D eigenvalue weighted by molar-refractivity contribution is -0.130. The number of methoxy groups -OCH3 is 2. The Morgan fingerprint density at radius 1 is 1.16 bits per heavy atom. The van der Waals surface area contributed by atoms with Crippen molar-refractivity contribution in [3.8, 4) is 11.5 Å². The maximum absolute atomic E-state index is 13.7. The summed E-state index contributed by atoms with van der Waals surface area (Å²) >= 11 is 0. The highest BCUT2D eigenvalue weighted by Gasteiger charge is 2.60. The molecule has 2 amide bonds. The summed E-state index contributed by atoms with van der Waals surface area (Å²) in [6.07, 6.45) is 0.551. The molecule has 0 radical (unpaired) electrons. The number of aryl methyl sites for hydroxylation is 2. The molecule has 1 spiro atoms. The minimum Gasteiger partial charge on any atom is -0.497 e. The highest BCUT2D eigenvalue weighted by Crippen LogP contribution is 2.49. The van der Waals surface area contributed by atoms with Gasteiger partial charge in [-0.05, 0) is 43.9 Å². The molecule has 2 aromatic carbocycles. The number of ether oxygens (including phenoxy) is 2. The van der Waals surface area contributed by atoms with E-state index in [1.807, 2.05) is 26.0 Å². The molecule has 0 unspecified atom stereocenters. The Kier molecular flexibility index (Phi) is 5.63. The van der Waals surface area contributed by atoms with Gasteiger partial charge in [-0.15, -0.1) is 0 Å². The molecule has 1 saturated heterocycles. The molecule has 170 valence electrons. The van der Waals surface area contributed by atoms with Crippen molar-refractivity contribution < 1.29 is 19.1 Å². The van der Waals surface area contributed by atoms with E-state index in [0.717, 1.165) is 22.4 Å². The second kappa shape index (κ2) is 8.13. The van der Waals surface area contributed by atoms with Crippen LogP contribution >= 0.6 is 0 Å². The van der Waals surface area contributed by atoms with Gasteiger partial charge >= 0.3 is 0 Å². The molecule has 0 saturated carbocycles. The van der Waals surface area contributed by atoms with Gasteiger partial charge in [0.2, 0.25) is 11.8 Å². The quantitative estimate of drug-likeness (QED) is 0.663. The predicted octanol–water partition coefficient (Wildman–Crippen LogP) is 3.74. The van der Waals surface area contributed by atoms with Crippen molar-refractivity contribution in [1.29, 1.82) is 0 Å². The number of hydrogen-bond acceptors (Lipinski definition) is 5. The Morgan fingerprint density at radius 2 is 1.91 bits per heavy atom. The topological polar surface area (TPSA) is 88.7 Å². The first kappa shape index (κ1) is 22.1. The van der Waals surface area contributed by atoms with Crippen LogP contribution in [-0.4, -0.2) is 32.1 Å². The number of carbonyl (C=O) groups is 2. The van der Waals surface area contributed by atoms with Crippen LogP contribution in [0.25, 0.3) is 0 Å². The largest absolute Gasteiger partial charge is 0.497 e. The molecule has 2 aliphatic heterocycles. The number of benzene rings is 2.